The van der Waals surface area contributed by atoms with Crippen LogP contribution >= 0.6 is 0 Å². The highest BCUT2D eigenvalue weighted by Gasteiger charge is 2.27. The number of halogens is 2. The molecular weight excluding hydrogens is 254 g/mol. The lowest BCUT2D eigenvalue weighted by Gasteiger charge is -2.11. The van der Waals surface area contributed by atoms with Crippen LogP contribution in [-0.2, 0) is 9.53 Å². The van der Waals surface area contributed by atoms with Crippen LogP contribution in [0.25, 0.3) is 0 Å². The summed E-state index contributed by atoms with van der Waals surface area (Å²) >= 11 is 0. The van der Waals surface area contributed by atoms with Crippen molar-refractivity contribution < 1.29 is 23.1 Å². The van der Waals surface area contributed by atoms with E-state index in [4.69, 9.17) is 0 Å². The molecule has 5 heteroatoms. The van der Waals surface area contributed by atoms with Crippen molar-refractivity contribution in [1.29, 1.82) is 0 Å². The van der Waals surface area contributed by atoms with Crippen LogP contribution in [0.2, 0.25) is 0 Å². The smallest absolute Gasteiger partial charge is 0.379 e. The molecule has 1 aromatic rings. The van der Waals surface area contributed by atoms with Crippen molar-refractivity contribution in [3.05, 3.63) is 34.9 Å². The molecule has 1 aliphatic rings. The zero-order valence-corrected chi connectivity index (χ0v) is 10.5. The van der Waals surface area contributed by atoms with E-state index in [-0.39, 0.29) is 5.92 Å². The number of benzene rings is 1. The van der Waals surface area contributed by atoms with Crippen molar-refractivity contribution in [1.82, 2.24) is 0 Å². The van der Waals surface area contributed by atoms with Crippen LogP contribution in [0.15, 0.2) is 12.1 Å². The van der Waals surface area contributed by atoms with Crippen molar-refractivity contribution in [3.8, 4) is 0 Å². The van der Waals surface area contributed by atoms with Crippen LogP contribution in [0.1, 0.15) is 47.5 Å². The summed E-state index contributed by atoms with van der Waals surface area (Å²) in [6.07, 6.45) is 3.86. The second-order valence-corrected chi connectivity index (χ2v) is 4.66. The fraction of sp³-hybridized carbons (Fsp3) is 0.429. The van der Waals surface area contributed by atoms with E-state index in [1.165, 1.54) is 0 Å². The van der Waals surface area contributed by atoms with Gasteiger partial charge < -0.3 is 4.74 Å². The first-order chi connectivity index (χ1) is 9.04. The molecule has 0 aromatic heterocycles. The topological polar surface area (TPSA) is 43.4 Å². The molecule has 0 spiro atoms. The molecule has 0 N–H and O–H groups in total. The van der Waals surface area contributed by atoms with Gasteiger partial charge in [0.25, 0.3) is 5.78 Å². The fourth-order valence-corrected chi connectivity index (χ4v) is 2.50. The fourth-order valence-electron chi connectivity index (χ4n) is 2.50. The second kappa shape index (κ2) is 5.47. The van der Waals surface area contributed by atoms with Crippen LogP contribution in [0.4, 0.5) is 8.78 Å². The Balaban J connectivity index is 2.36. The Hall–Kier alpha value is -1.78. The Morgan fingerprint density at radius 2 is 1.68 bits per heavy atom. The molecule has 0 aliphatic heterocycles. The molecule has 19 heavy (non-hydrogen) atoms. The Morgan fingerprint density at radius 1 is 1.16 bits per heavy atom. The molecule has 102 valence electrons. The first kappa shape index (κ1) is 13.6. The average molecular weight is 268 g/mol. The van der Waals surface area contributed by atoms with E-state index in [9.17, 15) is 18.4 Å². The van der Waals surface area contributed by atoms with Crippen LogP contribution in [0, 0.1) is 11.6 Å². The highest BCUT2D eigenvalue weighted by Crippen LogP contribution is 2.35. The number of esters is 1. The third-order valence-corrected chi connectivity index (χ3v) is 3.49. The highest BCUT2D eigenvalue weighted by molar-refractivity contribution is 6.40. The van der Waals surface area contributed by atoms with Gasteiger partial charge in [0.15, 0.2) is 0 Å². The molecule has 1 fully saturated rings. The normalized spacial score (nSPS) is 15.5. The molecule has 2 rings (SSSR count). The Labute approximate surface area is 109 Å². The van der Waals surface area contributed by atoms with Crippen molar-refractivity contribution in [3.63, 3.8) is 0 Å². The zero-order chi connectivity index (χ0) is 14.0. The second-order valence-electron chi connectivity index (χ2n) is 4.66. The van der Waals surface area contributed by atoms with E-state index in [2.05, 4.69) is 4.74 Å². The number of methoxy groups -OCH3 is 1. The molecule has 0 heterocycles. The van der Waals surface area contributed by atoms with E-state index in [0.29, 0.717) is 5.56 Å². The number of hydrogen-bond donors (Lipinski definition) is 0. The highest BCUT2D eigenvalue weighted by atomic mass is 19.1. The Bertz CT molecular complexity index is 496. The van der Waals surface area contributed by atoms with Gasteiger partial charge >= 0.3 is 5.97 Å². The first-order valence-electron chi connectivity index (χ1n) is 6.16. The Morgan fingerprint density at radius 3 is 2.16 bits per heavy atom. The summed E-state index contributed by atoms with van der Waals surface area (Å²) < 4.78 is 31.9. The summed E-state index contributed by atoms with van der Waals surface area (Å²) in [7, 11) is 0.989. The molecule has 3 nitrogen and oxygen atoms in total. The molecular formula is C14H14F2O3. The maximum atomic E-state index is 13.8. The van der Waals surface area contributed by atoms with E-state index >= 15 is 0 Å². The van der Waals surface area contributed by atoms with Crippen LogP contribution in [0.5, 0.6) is 0 Å². The summed E-state index contributed by atoms with van der Waals surface area (Å²) in [6, 6.07) is 2.30. The summed E-state index contributed by atoms with van der Waals surface area (Å²) in [5.74, 6) is -4.44. The van der Waals surface area contributed by atoms with Crippen molar-refractivity contribution in [2.24, 2.45) is 0 Å². The quantitative estimate of drug-likeness (QED) is 0.481. The minimum Gasteiger partial charge on any atom is -0.463 e. The Kier molecular flexibility index (Phi) is 3.93. The molecule has 0 atom stereocenters. The molecule has 0 unspecified atom stereocenters. The summed E-state index contributed by atoms with van der Waals surface area (Å²) in [6.45, 7) is 0. The lowest BCUT2D eigenvalue weighted by atomic mass is 9.95. The maximum Gasteiger partial charge on any atom is 0.379 e. The number of ether oxygens (including phenoxy) is 1. The van der Waals surface area contributed by atoms with Crippen molar-refractivity contribution in [2.75, 3.05) is 7.11 Å². The van der Waals surface area contributed by atoms with Gasteiger partial charge in [0.1, 0.15) is 17.2 Å². The van der Waals surface area contributed by atoms with E-state index in [1.807, 2.05) is 0 Å². The molecule has 1 aliphatic carbocycles. The number of rotatable bonds is 3. The SMILES string of the molecule is COC(=O)C(=O)c1c(F)cc(C2CCCC2)cc1F. The van der Waals surface area contributed by atoms with Crippen molar-refractivity contribution >= 4 is 11.8 Å². The molecule has 0 bridgehead atoms. The molecule has 0 saturated heterocycles. The lowest BCUT2D eigenvalue weighted by molar-refractivity contribution is -0.135. The maximum absolute atomic E-state index is 13.8. The van der Waals surface area contributed by atoms with Crippen LogP contribution < -0.4 is 0 Å². The van der Waals surface area contributed by atoms with Gasteiger partial charge in [-0.25, -0.2) is 13.6 Å². The molecule has 0 amide bonds. The number of ketones is 1. The monoisotopic (exact) mass is 268 g/mol. The van der Waals surface area contributed by atoms with Gasteiger partial charge in [0, 0.05) is 0 Å². The van der Waals surface area contributed by atoms with E-state index < -0.39 is 29.0 Å². The van der Waals surface area contributed by atoms with Crippen LogP contribution in [-0.4, -0.2) is 18.9 Å². The minimum atomic E-state index is -1.30. The largest absolute Gasteiger partial charge is 0.463 e. The lowest BCUT2D eigenvalue weighted by Crippen LogP contribution is -2.19. The number of carbonyl (C=O) groups is 2. The predicted octanol–water partition coefficient (Wildman–Crippen LogP) is 2.98. The molecule has 1 aromatic carbocycles. The number of Topliss-reactive ketones (excluding diaryl/α,β-unsaturated/α-hetero) is 1. The van der Waals surface area contributed by atoms with Gasteiger partial charge in [-0.1, -0.05) is 12.8 Å². The summed E-state index contributed by atoms with van der Waals surface area (Å²) in [4.78, 5) is 22.5. The van der Waals surface area contributed by atoms with Crippen LogP contribution in [0.3, 0.4) is 0 Å². The third-order valence-electron chi connectivity index (χ3n) is 3.49. The van der Waals surface area contributed by atoms with Gasteiger partial charge in [-0.05, 0) is 36.5 Å². The van der Waals surface area contributed by atoms with Crippen molar-refractivity contribution in [2.45, 2.75) is 31.6 Å². The standard InChI is InChI=1S/C14H14F2O3/c1-19-14(18)13(17)12-10(15)6-9(7-11(12)16)8-4-2-3-5-8/h6-8H,2-5H2,1H3. The summed E-state index contributed by atoms with van der Waals surface area (Å²) in [5, 5.41) is 0. The third kappa shape index (κ3) is 2.64. The van der Waals surface area contributed by atoms with Gasteiger partial charge in [-0.2, -0.15) is 0 Å². The minimum absolute atomic E-state index is 0.131. The van der Waals surface area contributed by atoms with Gasteiger partial charge in [0.05, 0.1) is 7.11 Å². The molecule has 0 radical (unpaired) electrons. The summed E-state index contributed by atoms with van der Waals surface area (Å²) in [5.41, 5.74) is -0.289. The predicted molar refractivity (Wildman–Crippen MR) is 63.9 cm³/mol. The van der Waals surface area contributed by atoms with Gasteiger partial charge in [-0.3, -0.25) is 4.79 Å². The molecule has 1 saturated carbocycles. The van der Waals surface area contributed by atoms with E-state index in [1.54, 1.807) is 0 Å². The zero-order valence-electron chi connectivity index (χ0n) is 10.5. The average Bonchev–Trinajstić information content (AvgIpc) is 2.90. The van der Waals surface area contributed by atoms with E-state index in [0.717, 1.165) is 44.9 Å². The number of hydrogen-bond acceptors (Lipinski definition) is 3. The number of carbonyl (C=O) groups excluding carboxylic acids is 2. The van der Waals surface area contributed by atoms with Gasteiger partial charge in [-0.15, -0.1) is 0 Å². The van der Waals surface area contributed by atoms with Gasteiger partial charge in [0.2, 0.25) is 0 Å². The first-order valence-corrected chi connectivity index (χ1v) is 6.16.